The van der Waals surface area contributed by atoms with Gasteiger partial charge in [0.2, 0.25) is 0 Å². The molecule has 0 unspecified atom stereocenters. The van der Waals surface area contributed by atoms with Crippen molar-refractivity contribution in [1.29, 1.82) is 0 Å². The van der Waals surface area contributed by atoms with Gasteiger partial charge in [0.15, 0.2) is 5.03 Å². The van der Waals surface area contributed by atoms with Crippen LogP contribution in [0.2, 0.25) is 0 Å². The summed E-state index contributed by atoms with van der Waals surface area (Å²) >= 11 is 0. The molecule has 8 heteroatoms. The van der Waals surface area contributed by atoms with E-state index in [1.165, 1.54) is 12.5 Å². The van der Waals surface area contributed by atoms with E-state index in [9.17, 15) is 8.42 Å². The number of sulfonamides is 1. The van der Waals surface area contributed by atoms with Crippen LogP contribution in [0.4, 0.5) is 0 Å². The van der Waals surface area contributed by atoms with Crippen LogP contribution >= 0.6 is 0 Å². The highest BCUT2D eigenvalue weighted by Crippen LogP contribution is 2.07. The number of nitrogens with one attached hydrogen (secondary N) is 2. The van der Waals surface area contributed by atoms with Gasteiger partial charge in [0.1, 0.15) is 0 Å². The number of rotatable bonds is 7. The van der Waals surface area contributed by atoms with Gasteiger partial charge in [-0.15, -0.1) is 0 Å². The Morgan fingerprint density at radius 1 is 1.50 bits per heavy atom. The van der Waals surface area contributed by atoms with Gasteiger partial charge in [-0.1, -0.05) is 0 Å². The van der Waals surface area contributed by atoms with Crippen LogP contribution in [-0.2, 0) is 21.3 Å². The SMILES string of the molecule is CCn1cnc(S(=O)(=O)NCCOC2CCNCC2)c1. The Hall–Kier alpha value is -0.960. The fourth-order valence-corrected chi connectivity index (χ4v) is 3.05. The summed E-state index contributed by atoms with van der Waals surface area (Å²) in [6.45, 7) is 5.21. The minimum Gasteiger partial charge on any atom is -0.377 e. The van der Waals surface area contributed by atoms with Gasteiger partial charge in [0.05, 0.1) is 19.0 Å². The molecule has 0 bridgehead atoms. The summed E-state index contributed by atoms with van der Waals surface area (Å²) in [5.74, 6) is 0. The van der Waals surface area contributed by atoms with Crippen LogP contribution < -0.4 is 10.0 Å². The summed E-state index contributed by atoms with van der Waals surface area (Å²) in [6, 6.07) is 0. The molecule has 114 valence electrons. The molecule has 20 heavy (non-hydrogen) atoms. The Morgan fingerprint density at radius 2 is 2.25 bits per heavy atom. The van der Waals surface area contributed by atoms with Crippen LogP contribution in [0.5, 0.6) is 0 Å². The molecule has 2 N–H and O–H groups in total. The highest BCUT2D eigenvalue weighted by atomic mass is 32.2. The summed E-state index contributed by atoms with van der Waals surface area (Å²) in [6.07, 6.45) is 5.23. The van der Waals surface area contributed by atoms with E-state index in [2.05, 4.69) is 15.0 Å². The lowest BCUT2D eigenvalue weighted by molar-refractivity contribution is 0.0366. The minimum atomic E-state index is -3.53. The number of hydrogen-bond acceptors (Lipinski definition) is 5. The fraction of sp³-hybridized carbons (Fsp3) is 0.750. The maximum atomic E-state index is 12.0. The molecule has 0 aromatic carbocycles. The predicted molar refractivity (Wildman–Crippen MR) is 74.9 cm³/mol. The number of piperidine rings is 1. The number of imidazole rings is 1. The Kier molecular flexibility index (Phi) is 5.53. The quantitative estimate of drug-likeness (QED) is 0.690. The normalized spacial score (nSPS) is 17.4. The summed E-state index contributed by atoms with van der Waals surface area (Å²) in [4.78, 5) is 3.89. The molecule has 0 atom stereocenters. The lowest BCUT2D eigenvalue weighted by atomic mass is 10.1. The highest BCUT2D eigenvalue weighted by molar-refractivity contribution is 7.89. The van der Waals surface area contributed by atoms with Crippen molar-refractivity contribution in [3.63, 3.8) is 0 Å². The van der Waals surface area contributed by atoms with Gasteiger partial charge in [-0.3, -0.25) is 0 Å². The molecule has 0 radical (unpaired) electrons. The van der Waals surface area contributed by atoms with Crippen LogP contribution in [-0.4, -0.2) is 50.3 Å². The first-order valence-electron chi connectivity index (χ1n) is 6.95. The van der Waals surface area contributed by atoms with Gasteiger partial charge < -0.3 is 14.6 Å². The Labute approximate surface area is 119 Å². The Morgan fingerprint density at radius 3 is 2.90 bits per heavy atom. The minimum absolute atomic E-state index is 0.0567. The molecule has 2 heterocycles. The first-order valence-corrected chi connectivity index (χ1v) is 8.44. The van der Waals surface area contributed by atoms with Crippen molar-refractivity contribution in [2.75, 3.05) is 26.2 Å². The van der Waals surface area contributed by atoms with Crippen LogP contribution in [0.1, 0.15) is 19.8 Å². The molecular weight excluding hydrogens is 280 g/mol. The second-order valence-electron chi connectivity index (χ2n) is 4.76. The molecule has 1 saturated heterocycles. The van der Waals surface area contributed by atoms with Crippen molar-refractivity contribution in [1.82, 2.24) is 19.6 Å². The van der Waals surface area contributed by atoms with E-state index in [1.54, 1.807) is 4.57 Å². The molecule has 0 spiro atoms. The summed E-state index contributed by atoms with van der Waals surface area (Å²) < 4.78 is 33.8. The zero-order valence-corrected chi connectivity index (χ0v) is 12.5. The fourth-order valence-electron chi connectivity index (χ4n) is 2.09. The smallest absolute Gasteiger partial charge is 0.259 e. The van der Waals surface area contributed by atoms with Gasteiger partial charge in [0.25, 0.3) is 10.0 Å². The molecule has 0 amide bonds. The summed E-state index contributed by atoms with van der Waals surface area (Å²) in [5, 5.41) is 3.31. The van der Waals surface area contributed by atoms with Gasteiger partial charge in [-0.2, -0.15) is 0 Å². The van der Waals surface area contributed by atoms with E-state index < -0.39 is 10.0 Å². The van der Waals surface area contributed by atoms with E-state index in [0.717, 1.165) is 25.9 Å². The van der Waals surface area contributed by atoms with Gasteiger partial charge in [0, 0.05) is 19.3 Å². The second-order valence-corrected chi connectivity index (χ2v) is 6.47. The third-order valence-electron chi connectivity index (χ3n) is 3.28. The zero-order valence-electron chi connectivity index (χ0n) is 11.7. The third-order valence-corrected chi connectivity index (χ3v) is 4.63. The molecule has 2 rings (SSSR count). The standard InChI is InChI=1S/C12H22N4O3S/c1-2-16-9-12(14-10-16)20(17,18)15-7-8-19-11-3-5-13-6-4-11/h9-11,13,15H,2-8H2,1H3. The van der Waals surface area contributed by atoms with Crippen molar-refractivity contribution < 1.29 is 13.2 Å². The molecule has 1 aliphatic heterocycles. The monoisotopic (exact) mass is 302 g/mol. The number of hydrogen-bond donors (Lipinski definition) is 2. The first kappa shape index (κ1) is 15.4. The largest absolute Gasteiger partial charge is 0.377 e. The van der Waals surface area contributed by atoms with Crippen molar-refractivity contribution >= 4 is 10.0 Å². The summed E-state index contributed by atoms with van der Waals surface area (Å²) in [5.41, 5.74) is 0. The van der Waals surface area contributed by atoms with E-state index in [1.807, 2.05) is 6.92 Å². The number of nitrogens with zero attached hydrogens (tertiary/aromatic N) is 2. The lowest BCUT2D eigenvalue weighted by Crippen LogP contribution is -2.34. The third kappa shape index (κ3) is 4.27. The number of ether oxygens (including phenoxy) is 1. The first-order chi connectivity index (χ1) is 9.62. The average molecular weight is 302 g/mol. The van der Waals surface area contributed by atoms with Crippen LogP contribution in [0.3, 0.4) is 0 Å². The Balaban J connectivity index is 1.74. The molecule has 1 aromatic rings. The molecule has 1 aliphatic rings. The molecule has 0 aliphatic carbocycles. The maximum Gasteiger partial charge on any atom is 0.259 e. The van der Waals surface area contributed by atoms with Crippen LogP contribution in [0.25, 0.3) is 0 Å². The number of aryl methyl sites for hydroxylation is 1. The second kappa shape index (κ2) is 7.16. The Bertz CT molecular complexity index is 509. The van der Waals surface area contributed by atoms with Gasteiger partial charge >= 0.3 is 0 Å². The van der Waals surface area contributed by atoms with Crippen molar-refractivity contribution in [2.24, 2.45) is 0 Å². The van der Waals surface area contributed by atoms with E-state index in [4.69, 9.17) is 4.74 Å². The highest BCUT2D eigenvalue weighted by Gasteiger charge is 2.17. The predicted octanol–water partition coefficient (Wildman–Crippen LogP) is -0.0501. The van der Waals surface area contributed by atoms with Gasteiger partial charge in [-0.05, 0) is 32.9 Å². The average Bonchev–Trinajstić information content (AvgIpc) is 2.95. The van der Waals surface area contributed by atoms with Crippen molar-refractivity contribution in [3.05, 3.63) is 12.5 Å². The van der Waals surface area contributed by atoms with E-state index in [0.29, 0.717) is 13.2 Å². The van der Waals surface area contributed by atoms with E-state index >= 15 is 0 Å². The van der Waals surface area contributed by atoms with E-state index in [-0.39, 0.29) is 17.7 Å². The lowest BCUT2D eigenvalue weighted by Gasteiger charge is -2.22. The molecular formula is C12H22N4O3S. The number of aromatic nitrogens is 2. The topological polar surface area (TPSA) is 85.2 Å². The molecule has 0 saturated carbocycles. The van der Waals surface area contributed by atoms with Crippen LogP contribution in [0, 0.1) is 0 Å². The molecule has 7 nitrogen and oxygen atoms in total. The summed E-state index contributed by atoms with van der Waals surface area (Å²) in [7, 11) is -3.53. The molecule has 1 fully saturated rings. The van der Waals surface area contributed by atoms with Gasteiger partial charge in [-0.25, -0.2) is 18.1 Å². The van der Waals surface area contributed by atoms with Crippen LogP contribution in [0.15, 0.2) is 17.6 Å². The molecule has 1 aromatic heterocycles. The van der Waals surface area contributed by atoms with Crippen molar-refractivity contribution in [3.8, 4) is 0 Å². The maximum absolute atomic E-state index is 12.0. The van der Waals surface area contributed by atoms with Crippen molar-refractivity contribution in [2.45, 2.75) is 37.4 Å². The zero-order chi connectivity index (χ0) is 14.4.